The number of rotatable bonds is 6. The second kappa shape index (κ2) is 9.25. The molecule has 0 amide bonds. The van der Waals surface area contributed by atoms with E-state index < -0.39 is 0 Å². The van der Waals surface area contributed by atoms with E-state index in [0.29, 0.717) is 0 Å². The van der Waals surface area contributed by atoms with Gasteiger partial charge in [-0.2, -0.15) is 0 Å². The monoisotopic (exact) mass is 328 g/mol. The van der Waals surface area contributed by atoms with Crippen LogP contribution < -0.4 is 0 Å². The summed E-state index contributed by atoms with van der Waals surface area (Å²) in [6.45, 7) is 4.93. The van der Waals surface area contributed by atoms with E-state index in [0.717, 1.165) is 29.6 Å². The second-order valence-electron chi connectivity index (χ2n) is 9.04. The molecule has 136 valence electrons. The van der Waals surface area contributed by atoms with Crippen molar-refractivity contribution in [1.82, 2.24) is 0 Å². The molecule has 24 heavy (non-hydrogen) atoms. The SMILES string of the molecule is CCCC(C)[C@H](C1=CCCCC1)C1CCC(C2CC=CCC2)CC1. The third kappa shape index (κ3) is 4.55. The first-order valence-electron chi connectivity index (χ1n) is 11.1. The van der Waals surface area contributed by atoms with Gasteiger partial charge in [0.15, 0.2) is 0 Å². The van der Waals surface area contributed by atoms with Crippen molar-refractivity contribution in [2.24, 2.45) is 29.6 Å². The Morgan fingerprint density at radius 3 is 2.42 bits per heavy atom. The van der Waals surface area contributed by atoms with Crippen molar-refractivity contribution in [1.29, 1.82) is 0 Å². The van der Waals surface area contributed by atoms with Crippen LogP contribution in [0.2, 0.25) is 0 Å². The van der Waals surface area contributed by atoms with E-state index in [1.165, 1.54) is 83.5 Å². The molecule has 3 atom stereocenters. The molecule has 0 radical (unpaired) electrons. The highest BCUT2D eigenvalue weighted by atomic mass is 14.4. The van der Waals surface area contributed by atoms with Gasteiger partial charge in [-0.3, -0.25) is 0 Å². The molecule has 0 aromatic heterocycles. The van der Waals surface area contributed by atoms with Crippen LogP contribution in [-0.2, 0) is 0 Å². The van der Waals surface area contributed by atoms with Crippen LogP contribution in [0.25, 0.3) is 0 Å². The smallest absolute Gasteiger partial charge is 0.0149 e. The van der Waals surface area contributed by atoms with Crippen LogP contribution in [-0.4, -0.2) is 0 Å². The van der Waals surface area contributed by atoms with Crippen molar-refractivity contribution in [2.75, 3.05) is 0 Å². The van der Waals surface area contributed by atoms with Crippen LogP contribution in [0.1, 0.15) is 97.3 Å². The molecule has 0 spiro atoms. The van der Waals surface area contributed by atoms with E-state index in [-0.39, 0.29) is 0 Å². The van der Waals surface area contributed by atoms with Gasteiger partial charge >= 0.3 is 0 Å². The highest BCUT2D eigenvalue weighted by molar-refractivity contribution is 5.12. The number of allylic oxidation sites excluding steroid dienone is 4. The molecule has 0 aromatic carbocycles. The predicted octanol–water partition coefficient (Wildman–Crippen LogP) is 7.70. The molecule has 0 nitrogen and oxygen atoms in total. The topological polar surface area (TPSA) is 0 Å². The summed E-state index contributed by atoms with van der Waals surface area (Å²) in [5, 5.41) is 0. The maximum Gasteiger partial charge on any atom is -0.0149 e. The Hall–Kier alpha value is -0.520. The van der Waals surface area contributed by atoms with Crippen molar-refractivity contribution < 1.29 is 0 Å². The summed E-state index contributed by atoms with van der Waals surface area (Å²) in [6, 6.07) is 0. The molecule has 0 saturated heterocycles. The van der Waals surface area contributed by atoms with E-state index in [1.54, 1.807) is 0 Å². The fraction of sp³-hybridized carbons (Fsp3) is 0.833. The molecule has 1 fully saturated rings. The zero-order valence-corrected chi connectivity index (χ0v) is 16.3. The van der Waals surface area contributed by atoms with Gasteiger partial charge in [0.05, 0.1) is 0 Å². The lowest BCUT2D eigenvalue weighted by atomic mass is 9.64. The third-order valence-electron chi connectivity index (χ3n) is 7.41. The molecule has 3 rings (SSSR count). The van der Waals surface area contributed by atoms with Gasteiger partial charge in [-0.05, 0) is 100 Å². The van der Waals surface area contributed by atoms with Gasteiger partial charge in [0.1, 0.15) is 0 Å². The largest absolute Gasteiger partial charge is 0.0885 e. The lowest BCUT2D eigenvalue weighted by Gasteiger charge is -2.41. The Labute approximate surface area is 151 Å². The van der Waals surface area contributed by atoms with Crippen LogP contribution in [0.4, 0.5) is 0 Å². The van der Waals surface area contributed by atoms with Crippen LogP contribution in [0.3, 0.4) is 0 Å². The van der Waals surface area contributed by atoms with Crippen molar-refractivity contribution >= 4 is 0 Å². The minimum absolute atomic E-state index is 0.901. The third-order valence-corrected chi connectivity index (χ3v) is 7.41. The number of hydrogen-bond donors (Lipinski definition) is 0. The van der Waals surface area contributed by atoms with Crippen LogP contribution >= 0.6 is 0 Å². The van der Waals surface area contributed by atoms with Crippen molar-refractivity contribution in [3.8, 4) is 0 Å². The molecule has 0 heterocycles. The zero-order valence-electron chi connectivity index (χ0n) is 16.3. The van der Waals surface area contributed by atoms with E-state index in [4.69, 9.17) is 0 Å². The highest BCUT2D eigenvalue weighted by Gasteiger charge is 2.34. The van der Waals surface area contributed by atoms with E-state index in [9.17, 15) is 0 Å². The molecular formula is C24H40. The Morgan fingerprint density at radius 1 is 0.958 bits per heavy atom. The Kier molecular flexibility index (Phi) is 7.05. The van der Waals surface area contributed by atoms with E-state index in [2.05, 4.69) is 32.1 Å². The molecule has 0 N–H and O–H groups in total. The average molecular weight is 329 g/mol. The van der Waals surface area contributed by atoms with Gasteiger partial charge < -0.3 is 0 Å². The second-order valence-corrected chi connectivity index (χ2v) is 9.04. The molecule has 0 aliphatic heterocycles. The minimum atomic E-state index is 0.901. The van der Waals surface area contributed by atoms with Gasteiger partial charge in [0, 0.05) is 0 Å². The Balaban J connectivity index is 1.61. The Morgan fingerprint density at radius 2 is 1.79 bits per heavy atom. The molecule has 0 bridgehead atoms. The summed E-state index contributed by atoms with van der Waals surface area (Å²) in [6.07, 6.45) is 26.2. The first kappa shape index (κ1) is 18.3. The summed E-state index contributed by atoms with van der Waals surface area (Å²) < 4.78 is 0. The van der Waals surface area contributed by atoms with Crippen LogP contribution in [0, 0.1) is 29.6 Å². The lowest BCUT2D eigenvalue weighted by molar-refractivity contribution is 0.140. The maximum atomic E-state index is 2.65. The van der Waals surface area contributed by atoms with Gasteiger partial charge in [-0.25, -0.2) is 0 Å². The van der Waals surface area contributed by atoms with Crippen LogP contribution in [0.15, 0.2) is 23.8 Å². The molecule has 2 unspecified atom stereocenters. The molecule has 3 aliphatic carbocycles. The molecular weight excluding hydrogens is 288 g/mol. The molecule has 1 saturated carbocycles. The molecule has 0 aromatic rings. The fourth-order valence-corrected chi connectivity index (χ4v) is 6.15. The predicted molar refractivity (Wildman–Crippen MR) is 106 cm³/mol. The maximum absolute atomic E-state index is 2.65. The minimum Gasteiger partial charge on any atom is -0.0885 e. The van der Waals surface area contributed by atoms with Gasteiger partial charge in [-0.1, -0.05) is 50.5 Å². The van der Waals surface area contributed by atoms with Gasteiger partial charge in [0.25, 0.3) is 0 Å². The van der Waals surface area contributed by atoms with Crippen LogP contribution in [0.5, 0.6) is 0 Å². The van der Waals surface area contributed by atoms with Gasteiger partial charge in [0.2, 0.25) is 0 Å². The quantitative estimate of drug-likeness (QED) is 0.438. The highest BCUT2D eigenvalue weighted by Crippen LogP contribution is 2.46. The fourth-order valence-electron chi connectivity index (χ4n) is 6.15. The lowest BCUT2D eigenvalue weighted by Crippen LogP contribution is -2.30. The summed E-state index contributed by atoms with van der Waals surface area (Å²) in [4.78, 5) is 0. The van der Waals surface area contributed by atoms with Crippen molar-refractivity contribution in [3.05, 3.63) is 23.8 Å². The summed E-state index contributed by atoms with van der Waals surface area (Å²) in [5.41, 5.74) is 1.87. The van der Waals surface area contributed by atoms with Gasteiger partial charge in [-0.15, -0.1) is 0 Å². The summed E-state index contributed by atoms with van der Waals surface area (Å²) in [5.74, 6) is 4.85. The first-order chi connectivity index (χ1) is 11.8. The Bertz CT molecular complexity index is 421. The van der Waals surface area contributed by atoms with Crippen molar-refractivity contribution in [2.45, 2.75) is 97.3 Å². The van der Waals surface area contributed by atoms with Crippen molar-refractivity contribution in [3.63, 3.8) is 0 Å². The molecule has 0 heteroatoms. The first-order valence-corrected chi connectivity index (χ1v) is 11.1. The number of hydrogen-bond acceptors (Lipinski definition) is 0. The summed E-state index contributed by atoms with van der Waals surface area (Å²) in [7, 11) is 0. The van der Waals surface area contributed by atoms with E-state index >= 15 is 0 Å². The average Bonchev–Trinajstić information content (AvgIpc) is 2.64. The standard InChI is InChI=1S/C24H40/c1-3-10-19(2)24(22-13-8-5-9-14-22)23-17-15-21(16-18-23)20-11-6-4-7-12-20/h4,6,13,19-21,23-24H,3,5,7-12,14-18H2,1-2H3/t19?,20?,21?,23?,24-/m1/s1. The van der Waals surface area contributed by atoms with E-state index in [1.807, 2.05) is 5.57 Å². The zero-order chi connectivity index (χ0) is 16.8. The molecule has 3 aliphatic rings. The normalized spacial score (nSPS) is 33.8. The summed E-state index contributed by atoms with van der Waals surface area (Å²) >= 11 is 0.